The lowest BCUT2D eigenvalue weighted by Gasteiger charge is -2.06. The van der Waals surface area contributed by atoms with Gasteiger partial charge in [-0.25, -0.2) is 4.98 Å². The van der Waals surface area contributed by atoms with E-state index in [0.717, 1.165) is 22.4 Å². The summed E-state index contributed by atoms with van der Waals surface area (Å²) in [4.78, 5) is 15.6. The average Bonchev–Trinajstić information content (AvgIpc) is 3.63. The van der Waals surface area contributed by atoms with Crippen molar-refractivity contribution in [2.75, 3.05) is 0 Å². The predicted octanol–water partition coefficient (Wildman–Crippen LogP) is 5.75. The van der Waals surface area contributed by atoms with Gasteiger partial charge in [0.2, 0.25) is 0 Å². The van der Waals surface area contributed by atoms with Crippen molar-refractivity contribution in [3.8, 4) is 28.7 Å². The number of nitrogens with zero attached hydrogens (tertiary/aromatic N) is 3. The number of oxazole rings is 1. The number of hydrogen-bond acceptors (Lipinski definition) is 6. The van der Waals surface area contributed by atoms with E-state index in [4.69, 9.17) is 23.8 Å². The Kier molecular flexibility index (Phi) is 6.66. The molecule has 0 bridgehead atoms. The Bertz CT molecular complexity index is 1430. The van der Waals surface area contributed by atoms with Crippen molar-refractivity contribution >= 4 is 5.97 Å². The third kappa shape index (κ3) is 5.38. The first-order valence-corrected chi connectivity index (χ1v) is 11.6. The number of aryl methyl sites for hydroxylation is 2. The summed E-state index contributed by atoms with van der Waals surface area (Å²) in [6, 6.07) is 21.2. The fraction of sp³-hybridized carbons (Fsp3) is 0.179. The van der Waals surface area contributed by atoms with Gasteiger partial charge in [0.05, 0.1) is 18.5 Å². The number of hydrogen-bond donors (Lipinski definition) is 1. The molecule has 0 spiro atoms. The van der Waals surface area contributed by atoms with Crippen LogP contribution in [0.1, 0.15) is 29.0 Å². The largest absolute Gasteiger partial charge is 0.487 e. The lowest BCUT2D eigenvalue weighted by Crippen LogP contribution is -2.01. The third-order valence-corrected chi connectivity index (χ3v) is 5.76. The molecule has 182 valence electrons. The molecule has 0 aliphatic heterocycles. The molecule has 0 saturated heterocycles. The zero-order valence-electron chi connectivity index (χ0n) is 19.8. The lowest BCUT2D eigenvalue weighted by molar-refractivity contribution is -0.136. The topological polar surface area (TPSA) is 104 Å². The molecule has 5 aromatic rings. The molecule has 3 heterocycles. The smallest absolute Gasteiger partial charge is 0.303 e. The highest BCUT2D eigenvalue weighted by Gasteiger charge is 2.15. The summed E-state index contributed by atoms with van der Waals surface area (Å²) in [5, 5.41) is 13.9. The second-order valence-corrected chi connectivity index (χ2v) is 8.39. The van der Waals surface area contributed by atoms with Gasteiger partial charge in [0.1, 0.15) is 23.8 Å². The number of carboxylic acids is 1. The third-order valence-electron chi connectivity index (χ3n) is 5.76. The molecule has 8 nitrogen and oxygen atoms in total. The molecule has 0 amide bonds. The molecule has 5 rings (SSSR count). The van der Waals surface area contributed by atoms with Crippen LogP contribution < -0.4 is 4.74 Å². The maximum atomic E-state index is 11.1. The van der Waals surface area contributed by atoms with Crippen LogP contribution in [0.2, 0.25) is 0 Å². The zero-order chi connectivity index (χ0) is 24.9. The lowest BCUT2D eigenvalue weighted by atomic mass is 10.0. The first-order valence-electron chi connectivity index (χ1n) is 11.6. The van der Waals surface area contributed by atoms with Crippen LogP contribution in [0.5, 0.6) is 5.75 Å². The van der Waals surface area contributed by atoms with Crippen LogP contribution in [0.15, 0.2) is 88.0 Å². The molecule has 2 aromatic carbocycles. The van der Waals surface area contributed by atoms with Gasteiger partial charge < -0.3 is 18.7 Å². The molecule has 36 heavy (non-hydrogen) atoms. The van der Waals surface area contributed by atoms with Crippen molar-refractivity contribution in [3.05, 3.63) is 102 Å². The molecule has 0 aliphatic carbocycles. The van der Waals surface area contributed by atoms with E-state index in [1.54, 1.807) is 18.4 Å². The van der Waals surface area contributed by atoms with Gasteiger partial charge in [-0.1, -0.05) is 42.5 Å². The summed E-state index contributed by atoms with van der Waals surface area (Å²) in [6.45, 7) is 2.68. The summed E-state index contributed by atoms with van der Waals surface area (Å²) in [7, 11) is 0. The molecule has 0 radical (unpaired) electrons. The van der Waals surface area contributed by atoms with Crippen molar-refractivity contribution in [2.45, 2.75) is 32.9 Å². The Balaban J connectivity index is 1.25. The Morgan fingerprint density at radius 2 is 1.86 bits per heavy atom. The highest BCUT2D eigenvalue weighted by Crippen LogP contribution is 2.25. The molecule has 8 heteroatoms. The number of furan rings is 1. The second kappa shape index (κ2) is 10.4. The Morgan fingerprint density at radius 1 is 1.06 bits per heavy atom. The van der Waals surface area contributed by atoms with Crippen molar-refractivity contribution in [1.82, 2.24) is 14.8 Å². The first kappa shape index (κ1) is 23.2. The fourth-order valence-electron chi connectivity index (χ4n) is 3.90. The van der Waals surface area contributed by atoms with Crippen molar-refractivity contribution in [3.63, 3.8) is 0 Å². The van der Waals surface area contributed by atoms with Gasteiger partial charge >= 0.3 is 5.97 Å². The van der Waals surface area contributed by atoms with E-state index in [0.29, 0.717) is 41.8 Å². The molecular formula is C28H25N3O5. The molecule has 1 N–H and O–H groups in total. The number of carbonyl (C=O) groups is 1. The van der Waals surface area contributed by atoms with Crippen LogP contribution >= 0.6 is 0 Å². The quantitative estimate of drug-likeness (QED) is 0.270. The Hall–Kier alpha value is -4.59. The fourth-order valence-corrected chi connectivity index (χ4v) is 3.90. The normalized spacial score (nSPS) is 11.0. The highest BCUT2D eigenvalue weighted by molar-refractivity contribution is 5.68. The number of ether oxygens (including phenoxy) is 1. The van der Waals surface area contributed by atoms with E-state index in [-0.39, 0.29) is 13.0 Å². The van der Waals surface area contributed by atoms with Crippen molar-refractivity contribution < 1.29 is 23.5 Å². The summed E-state index contributed by atoms with van der Waals surface area (Å²) in [5.74, 6) is 1.59. The second-order valence-electron chi connectivity index (χ2n) is 8.39. The molecule has 3 aromatic heterocycles. The van der Waals surface area contributed by atoms with Crippen LogP contribution in [0.4, 0.5) is 0 Å². The summed E-state index contributed by atoms with van der Waals surface area (Å²) >= 11 is 0. The van der Waals surface area contributed by atoms with Gasteiger partial charge in [0, 0.05) is 18.2 Å². The molecule has 0 aliphatic rings. The van der Waals surface area contributed by atoms with Gasteiger partial charge in [0.15, 0.2) is 5.76 Å². The monoisotopic (exact) mass is 483 g/mol. The van der Waals surface area contributed by atoms with Crippen LogP contribution in [-0.2, 0) is 24.4 Å². The number of benzene rings is 2. The molecule has 0 fully saturated rings. The minimum absolute atomic E-state index is 0.0611. The Morgan fingerprint density at radius 3 is 2.58 bits per heavy atom. The van der Waals surface area contributed by atoms with E-state index in [2.05, 4.69) is 4.98 Å². The standard InChI is InChI=1S/C28H25N3O5/c1-19-24(29-28(36-19)25-8-5-15-34-25)18-35-23-12-9-20(10-13-23)16-31-17-22(11-14-26(32)33)27(30-31)21-6-3-2-4-7-21/h2-10,12-13,15,17H,11,14,16,18H2,1H3,(H,32,33). The van der Waals surface area contributed by atoms with E-state index >= 15 is 0 Å². The van der Waals surface area contributed by atoms with Crippen LogP contribution in [0.25, 0.3) is 22.9 Å². The molecule has 0 atom stereocenters. The van der Waals surface area contributed by atoms with E-state index in [1.807, 2.05) is 72.4 Å². The van der Waals surface area contributed by atoms with Crippen LogP contribution in [0, 0.1) is 6.92 Å². The SMILES string of the molecule is Cc1oc(-c2ccco2)nc1COc1ccc(Cn2cc(CCC(=O)O)c(-c3ccccc3)n2)cc1. The summed E-state index contributed by atoms with van der Waals surface area (Å²) < 4.78 is 18.8. The number of carboxylic acid groups (broad SMARTS) is 1. The van der Waals surface area contributed by atoms with Gasteiger partial charge in [-0.2, -0.15) is 5.10 Å². The van der Waals surface area contributed by atoms with Crippen LogP contribution in [-0.4, -0.2) is 25.8 Å². The number of rotatable bonds is 10. The van der Waals surface area contributed by atoms with Gasteiger partial charge in [-0.3, -0.25) is 9.48 Å². The maximum Gasteiger partial charge on any atom is 0.303 e. The zero-order valence-corrected chi connectivity index (χ0v) is 19.8. The van der Waals surface area contributed by atoms with Crippen molar-refractivity contribution in [2.24, 2.45) is 0 Å². The van der Waals surface area contributed by atoms with Gasteiger partial charge in [-0.15, -0.1) is 0 Å². The van der Waals surface area contributed by atoms with Gasteiger partial charge in [0.25, 0.3) is 5.89 Å². The molecule has 0 unspecified atom stereocenters. The number of aromatic nitrogens is 3. The number of aliphatic carboxylic acids is 1. The molecule has 0 saturated carbocycles. The average molecular weight is 484 g/mol. The highest BCUT2D eigenvalue weighted by atomic mass is 16.5. The van der Waals surface area contributed by atoms with E-state index in [1.165, 1.54) is 0 Å². The van der Waals surface area contributed by atoms with Crippen LogP contribution in [0.3, 0.4) is 0 Å². The van der Waals surface area contributed by atoms with E-state index < -0.39 is 5.97 Å². The minimum atomic E-state index is -0.824. The van der Waals surface area contributed by atoms with Crippen molar-refractivity contribution in [1.29, 1.82) is 0 Å². The summed E-state index contributed by atoms with van der Waals surface area (Å²) in [6.07, 6.45) is 4.00. The summed E-state index contributed by atoms with van der Waals surface area (Å²) in [5.41, 5.74) is 4.46. The van der Waals surface area contributed by atoms with Gasteiger partial charge in [-0.05, 0) is 48.7 Å². The van der Waals surface area contributed by atoms with E-state index in [9.17, 15) is 4.79 Å². The minimum Gasteiger partial charge on any atom is -0.487 e. The maximum absolute atomic E-state index is 11.1. The predicted molar refractivity (Wildman–Crippen MR) is 132 cm³/mol. The molecular weight excluding hydrogens is 458 g/mol. The first-order chi connectivity index (χ1) is 17.5. The Labute approximate surface area is 207 Å².